The second-order valence-corrected chi connectivity index (χ2v) is 10.1. The second kappa shape index (κ2) is 12.7. The van der Waals surface area contributed by atoms with E-state index in [0.717, 1.165) is 29.5 Å². The molecule has 0 saturated carbocycles. The van der Waals surface area contributed by atoms with Gasteiger partial charge in [0.1, 0.15) is 19.3 Å². The fraction of sp³-hybridized carbons (Fsp3) is 0.387. The monoisotopic (exact) mass is 532 g/mol. The number of carboxylic acid groups (broad SMARTS) is 1. The van der Waals surface area contributed by atoms with E-state index in [1.807, 2.05) is 51.1 Å². The molecular weight excluding hydrogens is 496 g/mol. The molecule has 39 heavy (non-hydrogen) atoms. The van der Waals surface area contributed by atoms with Crippen LogP contribution in [-0.4, -0.2) is 34.8 Å². The molecule has 0 bridgehead atoms. The van der Waals surface area contributed by atoms with E-state index in [1.54, 1.807) is 24.4 Å². The standard InChI is InChI=1S/C31H36N2O6/c1-4-5-6-26(33-19-21(3)15-24(31(33)37)16-22-9-7-20(2)8-10-22)30(36)32-25(18-29(34)35)23-11-12-27-28(17-23)39-14-13-38-27/h7-12,15,17,19,25-26H,4-6,13-14,16,18H2,1-3H3,(H,32,36)(H,34,35). The van der Waals surface area contributed by atoms with Gasteiger partial charge < -0.3 is 24.5 Å². The summed E-state index contributed by atoms with van der Waals surface area (Å²) < 4.78 is 12.8. The third-order valence-corrected chi connectivity index (χ3v) is 6.90. The van der Waals surface area contributed by atoms with E-state index >= 15 is 0 Å². The smallest absolute Gasteiger partial charge is 0.305 e. The number of benzene rings is 2. The number of hydrogen-bond acceptors (Lipinski definition) is 5. The highest BCUT2D eigenvalue weighted by Crippen LogP contribution is 2.33. The van der Waals surface area contributed by atoms with Gasteiger partial charge in [0.25, 0.3) is 5.56 Å². The molecule has 1 amide bonds. The van der Waals surface area contributed by atoms with E-state index in [0.29, 0.717) is 48.7 Å². The summed E-state index contributed by atoms with van der Waals surface area (Å²) in [5, 5.41) is 12.5. The first-order valence-electron chi connectivity index (χ1n) is 13.4. The Morgan fingerprint density at radius 3 is 2.41 bits per heavy atom. The van der Waals surface area contributed by atoms with Crippen molar-refractivity contribution >= 4 is 11.9 Å². The van der Waals surface area contributed by atoms with Crippen molar-refractivity contribution in [3.63, 3.8) is 0 Å². The van der Waals surface area contributed by atoms with Crippen LogP contribution >= 0.6 is 0 Å². The van der Waals surface area contributed by atoms with Gasteiger partial charge in [0, 0.05) is 18.2 Å². The van der Waals surface area contributed by atoms with Crippen molar-refractivity contribution in [2.24, 2.45) is 0 Å². The number of hydrogen-bond donors (Lipinski definition) is 2. The predicted molar refractivity (Wildman–Crippen MR) is 149 cm³/mol. The number of rotatable bonds is 11. The van der Waals surface area contributed by atoms with Crippen LogP contribution in [0.2, 0.25) is 0 Å². The Hall–Kier alpha value is -4.07. The quantitative estimate of drug-likeness (QED) is 0.364. The Morgan fingerprint density at radius 1 is 1.00 bits per heavy atom. The molecule has 4 rings (SSSR count). The van der Waals surface area contributed by atoms with Crippen molar-refractivity contribution in [2.75, 3.05) is 13.2 Å². The SMILES string of the molecule is CCCCC(C(=O)NC(CC(=O)O)c1ccc2c(c1)OCCO2)n1cc(C)cc(Cc2ccc(C)cc2)c1=O. The van der Waals surface area contributed by atoms with E-state index < -0.39 is 24.0 Å². The minimum absolute atomic E-state index is 0.216. The average molecular weight is 533 g/mol. The number of unbranched alkanes of at least 4 members (excludes halogenated alkanes) is 1. The molecule has 2 heterocycles. The summed E-state index contributed by atoms with van der Waals surface area (Å²) in [4.78, 5) is 39.1. The Labute approximate surface area is 228 Å². The highest BCUT2D eigenvalue weighted by atomic mass is 16.6. The molecular formula is C31H36N2O6. The molecule has 0 radical (unpaired) electrons. The number of nitrogens with one attached hydrogen (secondary N) is 1. The van der Waals surface area contributed by atoms with Crippen LogP contribution in [0.5, 0.6) is 11.5 Å². The molecule has 2 N–H and O–H groups in total. The molecule has 1 aliphatic rings. The van der Waals surface area contributed by atoms with Gasteiger partial charge in [-0.25, -0.2) is 0 Å². The second-order valence-electron chi connectivity index (χ2n) is 10.1. The molecule has 0 saturated heterocycles. The molecule has 206 valence electrons. The van der Waals surface area contributed by atoms with Gasteiger partial charge in [-0.3, -0.25) is 14.4 Å². The van der Waals surface area contributed by atoms with Crippen LogP contribution in [-0.2, 0) is 16.0 Å². The number of nitrogens with zero attached hydrogens (tertiary/aromatic N) is 1. The Morgan fingerprint density at radius 2 is 1.72 bits per heavy atom. The van der Waals surface area contributed by atoms with Crippen molar-refractivity contribution in [2.45, 2.75) is 65.0 Å². The number of carbonyl (C=O) groups is 2. The van der Waals surface area contributed by atoms with Crippen LogP contribution in [0.4, 0.5) is 0 Å². The molecule has 8 nitrogen and oxygen atoms in total. The van der Waals surface area contributed by atoms with Crippen LogP contribution in [0.15, 0.2) is 59.5 Å². The van der Waals surface area contributed by atoms with Gasteiger partial charge >= 0.3 is 5.97 Å². The molecule has 3 aromatic rings. The third-order valence-electron chi connectivity index (χ3n) is 6.90. The minimum Gasteiger partial charge on any atom is -0.486 e. The molecule has 0 aliphatic carbocycles. The zero-order chi connectivity index (χ0) is 27.9. The number of fused-ring (bicyclic) bond motifs is 1. The number of ether oxygens (including phenoxy) is 2. The maximum atomic E-state index is 13.8. The molecule has 1 aliphatic heterocycles. The van der Waals surface area contributed by atoms with Gasteiger partial charge in [-0.05, 0) is 55.2 Å². The first-order chi connectivity index (χ1) is 18.7. The van der Waals surface area contributed by atoms with Crippen molar-refractivity contribution < 1.29 is 24.2 Å². The largest absolute Gasteiger partial charge is 0.486 e. The Balaban J connectivity index is 1.65. The van der Waals surface area contributed by atoms with E-state index in [4.69, 9.17) is 9.47 Å². The number of aliphatic carboxylic acids is 1. The minimum atomic E-state index is -1.05. The zero-order valence-corrected chi connectivity index (χ0v) is 22.7. The van der Waals surface area contributed by atoms with Gasteiger partial charge in [-0.1, -0.05) is 55.7 Å². The molecule has 8 heteroatoms. The predicted octanol–water partition coefficient (Wildman–Crippen LogP) is 4.89. The topological polar surface area (TPSA) is 107 Å². The first kappa shape index (κ1) is 28.0. The van der Waals surface area contributed by atoms with Gasteiger partial charge in [-0.15, -0.1) is 0 Å². The molecule has 0 spiro atoms. The molecule has 2 atom stereocenters. The van der Waals surface area contributed by atoms with Crippen LogP contribution in [0.25, 0.3) is 0 Å². The summed E-state index contributed by atoms with van der Waals surface area (Å²) in [6.45, 7) is 6.79. The van der Waals surface area contributed by atoms with Gasteiger partial charge in [0.15, 0.2) is 11.5 Å². The average Bonchev–Trinajstić information content (AvgIpc) is 2.91. The number of pyridine rings is 1. The molecule has 2 aromatic carbocycles. The summed E-state index contributed by atoms with van der Waals surface area (Å²) in [6, 6.07) is 13.5. The maximum absolute atomic E-state index is 13.8. The molecule has 1 aromatic heterocycles. The summed E-state index contributed by atoms with van der Waals surface area (Å²) in [5.74, 6) is -0.341. The number of carboxylic acids is 1. The van der Waals surface area contributed by atoms with Gasteiger partial charge in [0.2, 0.25) is 5.91 Å². The number of aryl methyl sites for hydroxylation is 2. The summed E-state index contributed by atoms with van der Waals surface area (Å²) >= 11 is 0. The number of aromatic nitrogens is 1. The van der Waals surface area contributed by atoms with Crippen molar-refractivity contribution in [1.82, 2.24) is 9.88 Å². The fourth-order valence-corrected chi connectivity index (χ4v) is 4.87. The number of carbonyl (C=O) groups excluding carboxylic acids is 1. The van der Waals surface area contributed by atoms with E-state index in [-0.39, 0.29) is 12.0 Å². The first-order valence-corrected chi connectivity index (χ1v) is 13.4. The highest BCUT2D eigenvalue weighted by Gasteiger charge is 2.27. The van der Waals surface area contributed by atoms with Crippen molar-refractivity contribution in [3.05, 3.63) is 92.9 Å². The Kier molecular flexibility index (Phi) is 9.07. The zero-order valence-electron chi connectivity index (χ0n) is 22.7. The molecule has 2 unspecified atom stereocenters. The third kappa shape index (κ3) is 7.07. The number of amides is 1. The summed E-state index contributed by atoms with van der Waals surface area (Å²) in [5.41, 5.74) is 4.03. The lowest BCUT2D eigenvalue weighted by atomic mass is 10.0. The van der Waals surface area contributed by atoms with Crippen LogP contribution in [0.1, 0.15) is 72.5 Å². The van der Waals surface area contributed by atoms with Gasteiger partial charge in [0.05, 0.1) is 12.5 Å². The lowest BCUT2D eigenvalue weighted by molar-refractivity contribution is -0.138. The van der Waals surface area contributed by atoms with E-state index in [2.05, 4.69) is 5.32 Å². The van der Waals surface area contributed by atoms with Crippen molar-refractivity contribution in [3.8, 4) is 11.5 Å². The lowest BCUT2D eigenvalue weighted by Gasteiger charge is -2.26. The maximum Gasteiger partial charge on any atom is 0.305 e. The van der Waals surface area contributed by atoms with Crippen molar-refractivity contribution in [1.29, 1.82) is 0 Å². The molecule has 0 fully saturated rings. The van der Waals surface area contributed by atoms with E-state index in [9.17, 15) is 19.5 Å². The van der Waals surface area contributed by atoms with Crippen LogP contribution < -0.4 is 20.3 Å². The summed E-state index contributed by atoms with van der Waals surface area (Å²) in [6.07, 6.45) is 3.91. The normalized spacial score (nSPS) is 13.9. The van der Waals surface area contributed by atoms with Gasteiger partial charge in [-0.2, -0.15) is 0 Å². The Bertz CT molecular complexity index is 1380. The van der Waals surface area contributed by atoms with Crippen LogP contribution in [0, 0.1) is 13.8 Å². The van der Waals surface area contributed by atoms with E-state index in [1.165, 1.54) is 4.57 Å². The lowest BCUT2D eigenvalue weighted by Crippen LogP contribution is -2.40. The fourth-order valence-electron chi connectivity index (χ4n) is 4.87. The van der Waals surface area contributed by atoms with Crippen LogP contribution in [0.3, 0.4) is 0 Å². The highest BCUT2D eigenvalue weighted by molar-refractivity contribution is 5.81. The summed E-state index contributed by atoms with van der Waals surface area (Å²) in [7, 11) is 0.